The van der Waals surface area contributed by atoms with E-state index in [1.165, 1.54) is 31.3 Å². The Morgan fingerprint density at radius 1 is 1.38 bits per heavy atom. The van der Waals surface area contributed by atoms with E-state index in [2.05, 4.69) is 39.6 Å². The maximum Gasteiger partial charge on any atom is 0.0132 e. The Morgan fingerprint density at radius 2 is 1.94 bits per heavy atom. The summed E-state index contributed by atoms with van der Waals surface area (Å²) in [5.74, 6) is 0.865. The van der Waals surface area contributed by atoms with Crippen molar-refractivity contribution in [3.8, 4) is 0 Å². The van der Waals surface area contributed by atoms with Gasteiger partial charge in [0.1, 0.15) is 0 Å². The molecular weight excluding hydrogens is 194 g/mol. The Kier molecular flexibility index (Phi) is 5.04. The third-order valence-corrected chi connectivity index (χ3v) is 3.99. The van der Waals surface area contributed by atoms with E-state index in [4.69, 9.17) is 0 Å². The summed E-state index contributed by atoms with van der Waals surface area (Å²) < 4.78 is 0. The van der Waals surface area contributed by atoms with E-state index < -0.39 is 0 Å². The first-order valence-corrected chi connectivity index (χ1v) is 6.82. The van der Waals surface area contributed by atoms with Crippen molar-refractivity contribution in [1.82, 2.24) is 5.32 Å². The van der Waals surface area contributed by atoms with Crippen LogP contribution in [0.25, 0.3) is 0 Å². The van der Waals surface area contributed by atoms with Crippen LogP contribution in [0.4, 0.5) is 0 Å². The second-order valence-electron chi connectivity index (χ2n) is 6.33. The van der Waals surface area contributed by atoms with Crippen LogP contribution in [0, 0.1) is 11.3 Å². The fraction of sp³-hybridized carbons (Fsp3) is 0.867. The SMILES string of the molecule is C=C(C)CC(NCC)C1CCC(C)(C)CC1. The number of hydrogen-bond donors (Lipinski definition) is 1. The molecule has 0 radical (unpaired) electrons. The predicted molar refractivity (Wildman–Crippen MR) is 72.6 cm³/mol. The minimum atomic E-state index is 0.580. The van der Waals surface area contributed by atoms with E-state index in [0.717, 1.165) is 18.9 Å². The van der Waals surface area contributed by atoms with Crippen molar-refractivity contribution in [1.29, 1.82) is 0 Å². The highest BCUT2D eigenvalue weighted by Crippen LogP contribution is 2.39. The van der Waals surface area contributed by atoms with Crippen LogP contribution in [0.1, 0.15) is 59.8 Å². The fourth-order valence-electron chi connectivity index (χ4n) is 2.87. The van der Waals surface area contributed by atoms with Crippen LogP contribution in [0.3, 0.4) is 0 Å². The molecule has 1 saturated carbocycles. The first-order chi connectivity index (χ1) is 7.44. The summed E-state index contributed by atoms with van der Waals surface area (Å²) in [6.45, 7) is 14.3. The van der Waals surface area contributed by atoms with Gasteiger partial charge in [0.15, 0.2) is 0 Å². The van der Waals surface area contributed by atoms with E-state index in [1.807, 2.05) is 0 Å². The van der Waals surface area contributed by atoms with Crippen LogP contribution in [-0.4, -0.2) is 12.6 Å². The normalized spacial score (nSPS) is 23.0. The maximum absolute atomic E-state index is 4.06. The van der Waals surface area contributed by atoms with Gasteiger partial charge in [-0.1, -0.05) is 26.3 Å². The highest BCUT2D eigenvalue weighted by Gasteiger charge is 2.30. The first-order valence-electron chi connectivity index (χ1n) is 6.82. The smallest absolute Gasteiger partial charge is 0.0132 e. The Morgan fingerprint density at radius 3 is 2.38 bits per heavy atom. The lowest BCUT2D eigenvalue weighted by molar-refractivity contribution is 0.161. The molecule has 1 aliphatic carbocycles. The molecule has 1 aliphatic rings. The van der Waals surface area contributed by atoms with E-state index in [0.29, 0.717) is 11.5 Å². The van der Waals surface area contributed by atoms with E-state index >= 15 is 0 Å². The molecule has 1 N–H and O–H groups in total. The van der Waals surface area contributed by atoms with Gasteiger partial charge in [0.05, 0.1) is 0 Å². The molecule has 0 aromatic carbocycles. The molecule has 1 heteroatoms. The zero-order chi connectivity index (χ0) is 12.2. The minimum Gasteiger partial charge on any atom is -0.314 e. The molecule has 1 unspecified atom stereocenters. The van der Waals surface area contributed by atoms with E-state index in [-0.39, 0.29) is 0 Å². The van der Waals surface area contributed by atoms with Gasteiger partial charge in [-0.3, -0.25) is 0 Å². The highest BCUT2D eigenvalue weighted by molar-refractivity contribution is 4.96. The zero-order valence-corrected chi connectivity index (χ0v) is 11.6. The zero-order valence-electron chi connectivity index (χ0n) is 11.6. The molecule has 0 amide bonds. The lowest BCUT2D eigenvalue weighted by Crippen LogP contribution is -2.39. The second kappa shape index (κ2) is 5.86. The van der Waals surface area contributed by atoms with Crippen molar-refractivity contribution < 1.29 is 0 Å². The molecule has 1 atom stereocenters. The molecular formula is C15H29N. The highest BCUT2D eigenvalue weighted by atomic mass is 14.9. The quantitative estimate of drug-likeness (QED) is 0.691. The lowest BCUT2D eigenvalue weighted by Gasteiger charge is -2.38. The first kappa shape index (κ1) is 13.8. The monoisotopic (exact) mass is 223 g/mol. The molecule has 0 aliphatic heterocycles. The molecule has 0 heterocycles. The Hall–Kier alpha value is -0.300. The van der Waals surface area contributed by atoms with Crippen LogP contribution in [-0.2, 0) is 0 Å². The molecule has 0 saturated heterocycles. The minimum absolute atomic E-state index is 0.580. The van der Waals surface area contributed by atoms with Crippen LogP contribution < -0.4 is 5.32 Å². The molecule has 0 bridgehead atoms. The predicted octanol–water partition coefficient (Wildman–Crippen LogP) is 4.15. The summed E-state index contributed by atoms with van der Waals surface area (Å²) in [5.41, 5.74) is 1.90. The summed E-state index contributed by atoms with van der Waals surface area (Å²) in [5, 5.41) is 3.65. The van der Waals surface area contributed by atoms with E-state index in [1.54, 1.807) is 0 Å². The lowest BCUT2D eigenvalue weighted by atomic mass is 9.70. The fourth-order valence-corrected chi connectivity index (χ4v) is 2.87. The summed E-state index contributed by atoms with van der Waals surface area (Å²) in [7, 11) is 0. The number of nitrogens with one attached hydrogen (secondary N) is 1. The molecule has 94 valence electrons. The Labute approximate surface area is 102 Å². The average Bonchev–Trinajstić information content (AvgIpc) is 2.16. The van der Waals surface area contributed by atoms with Crippen molar-refractivity contribution in [3.63, 3.8) is 0 Å². The molecule has 1 nitrogen and oxygen atoms in total. The van der Waals surface area contributed by atoms with Gasteiger partial charge in [-0.25, -0.2) is 0 Å². The van der Waals surface area contributed by atoms with Crippen LogP contribution in [0.5, 0.6) is 0 Å². The Bertz CT molecular complexity index is 220. The molecule has 0 spiro atoms. The van der Waals surface area contributed by atoms with Gasteiger partial charge in [-0.05, 0) is 56.9 Å². The standard InChI is InChI=1S/C15H29N/c1-6-16-14(11-12(2)3)13-7-9-15(4,5)10-8-13/h13-14,16H,2,6-11H2,1,3-5H3. The van der Waals surface area contributed by atoms with Gasteiger partial charge in [0.2, 0.25) is 0 Å². The van der Waals surface area contributed by atoms with Gasteiger partial charge in [0, 0.05) is 6.04 Å². The Balaban J connectivity index is 2.49. The summed E-state index contributed by atoms with van der Waals surface area (Å²) in [6, 6.07) is 0.665. The van der Waals surface area contributed by atoms with Gasteiger partial charge in [0.25, 0.3) is 0 Å². The molecule has 1 fully saturated rings. The second-order valence-corrected chi connectivity index (χ2v) is 6.33. The number of rotatable bonds is 5. The summed E-state index contributed by atoms with van der Waals surface area (Å²) in [6.07, 6.45) is 6.69. The maximum atomic E-state index is 4.06. The molecule has 0 aromatic heterocycles. The van der Waals surface area contributed by atoms with Crippen molar-refractivity contribution in [3.05, 3.63) is 12.2 Å². The van der Waals surface area contributed by atoms with Gasteiger partial charge in [-0.2, -0.15) is 0 Å². The summed E-state index contributed by atoms with van der Waals surface area (Å²) in [4.78, 5) is 0. The van der Waals surface area contributed by atoms with Crippen LogP contribution in [0.15, 0.2) is 12.2 Å². The topological polar surface area (TPSA) is 12.0 Å². The van der Waals surface area contributed by atoms with Crippen LogP contribution >= 0.6 is 0 Å². The molecule has 0 aromatic rings. The van der Waals surface area contributed by atoms with Crippen molar-refractivity contribution in [2.45, 2.75) is 65.8 Å². The third kappa shape index (κ3) is 4.29. The molecule has 16 heavy (non-hydrogen) atoms. The van der Waals surface area contributed by atoms with E-state index in [9.17, 15) is 0 Å². The third-order valence-electron chi connectivity index (χ3n) is 3.99. The van der Waals surface area contributed by atoms with Gasteiger partial charge >= 0.3 is 0 Å². The van der Waals surface area contributed by atoms with Gasteiger partial charge < -0.3 is 5.32 Å². The van der Waals surface area contributed by atoms with Crippen molar-refractivity contribution in [2.75, 3.05) is 6.54 Å². The number of hydrogen-bond acceptors (Lipinski definition) is 1. The van der Waals surface area contributed by atoms with Gasteiger partial charge in [-0.15, -0.1) is 6.58 Å². The summed E-state index contributed by atoms with van der Waals surface area (Å²) >= 11 is 0. The average molecular weight is 223 g/mol. The van der Waals surface area contributed by atoms with Crippen LogP contribution in [0.2, 0.25) is 0 Å². The van der Waals surface area contributed by atoms with Crippen molar-refractivity contribution >= 4 is 0 Å². The van der Waals surface area contributed by atoms with Crippen molar-refractivity contribution in [2.24, 2.45) is 11.3 Å². The molecule has 1 rings (SSSR count). The largest absolute Gasteiger partial charge is 0.314 e.